The van der Waals surface area contributed by atoms with Gasteiger partial charge in [0, 0.05) is 32.2 Å². The summed E-state index contributed by atoms with van der Waals surface area (Å²) in [6.07, 6.45) is 9.35. The van der Waals surface area contributed by atoms with Gasteiger partial charge in [-0.25, -0.2) is 12.7 Å². The van der Waals surface area contributed by atoms with Gasteiger partial charge in [0.05, 0.1) is 12.4 Å². The van der Waals surface area contributed by atoms with E-state index in [1.165, 1.54) is 38.4 Å². The van der Waals surface area contributed by atoms with Crippen LogP contribution in [0.25, 0.3) is 0 Å². The molecule has 2 fully saturated rings. The topological polar surface area (TPSA) is 60.9 Å². The number of rotatable bonds is 6. The molecule has 1 N–H and O–H groups in total. The van der Waals surface area contributed by atoms with Crippen molar-refractivity contribution in [3.05, 3.63) is 0 Å². The maximum atomic E-state index is 11.8. The summed E-state index contributed by atoms with van der Waals surface area (Å²) in [6.45, 7) is 4.78. The average Bonchev–Trinajstić information content (AvgIpc) is 2.46. The molecule has 1 saturated carbocycles. The van der Waals surface area contributed by atoms with Crippen LogP contribution in [0.4, 0.5) is 0 Å². The lowest BCUT2D eigenvalue weighted by molar-refractivity contribution is 0.0614. The minimum atomic E-state index is -3.08. The molecule has 0 aromatic heterocycles. The van der Waals surface area contributed by atoms with E-state index in [0.29, 0.717) is 31.6 Å². The molecule has 2 aliphatic rings. The molecule has 0 aromatic rings. The Labute approximate surface area is 135 Å². The molecule has 1 aliphatic carbocycles. The lowest BCUT2D eigenvalue weighted by Crippen LogP contribution is -2.48. The van der Waals surface area contributed by atoms with Crippen LogP contribution in [0.1, 0.15) is 51.9 Å². The molecule has 0 amide bonds. The maximum absolute atomic E-state index is 11.8. The van der Waals surface area contributed by atoms with Gasteiger partial charge in [0.25, 0.3) is 0 Å². The van der Waals surface area contributed by atoms with E-state index in [1.807, 2.05) is 6.92 Å². The summed E-state index contributed by atoms with van der Waals surface area (Å²) in [4.78, 5) is 2.43. The number of aliphatic hydroxyl groups excluding tert-OH is 1. The fraction of sp³-hybridized carbons (Fsp3) is 1.00. The Bertz CT molecular complexity index is 433. The standard InChI is InChI=1S/C16H32N2O3S/c1-14(19)11-17(16-8-4-3-5-9-16)12-15-7-6-10-18(13-15)22(2,20)21/h14-16,19H,3-13H2,1-2H3. The Morgan fingerprint density at radius 1 is 1.18 bits per heavy atom. The molecule has 22 heavy (non-hydrogen) atoms. The van der Waals surface area contributed by atoms with E-state index in [0.717, 1.165) is 19.4 Å². The molecular weight excluding hydrogens is 300 g/mol. The zero-order valence-corrected chi connectivity index (χ0v) is 14.9. The molecule has 1 aliphatic heterocycles. The third-order valence-electron chi connectivity index (χ3n) is 5.03. The first-order chi connectivity index (χ1) is 10.4. The molecule has 0 spiro atoms. The molecule has 1 saturated heterocycles. The number of hydrogen-bond acceptors (Lipinski definition) is 4. The second-order valence-electron chi connectivity index (χ2n) is 7.22. The van der Waals surface area contributed by atoms with Crippen LogP contribution in [-0.2, 0) is 10.0 Å². The Kier molecular flexibility index (Phi) is 6.68. The van der Waals surface area contributed by atoms with Gasteiger partial charge < -0.3 is 5.11 Å². The van der Waals surface area contributed by atoms with Crippen molar-refractivity contribution in [3.8, 4) is 0 Å². The number of hydrogen-bond donors (Lipinski definition) is 1. The Morgan fingerprint density at radius 2 is 1.86 bits per heavy atom. The van der Waals surface area contributed by atoms with E-state index in [4.69, 9.17) is 0 Å². The Hall–Kier alpha value is -0.170. The van der Waals surface area contributed by atoms with Crippen LogP contribution in [0.3, 0.4) is 0 Å². The van der Waals surface area contributed by atoms with Crippen molar-refractivity contribution in [2.75, 3.05) is 32.4 Å². The fourth-order valence-corrected chi connectivity index (χ4v) is 4.91. The molecule has 0 aromatic carbocycles. The summed E-state index contributed by atoms with van der Waals surface area (Å²) in [6, 6.07) is 0.567. The van der Waals surface area contributed by atoms with Crippen LogP contribution < -0.4 is 0 Å². The smallest absolute Gasteiger partial charge is 0.211 e. The molecule has 0 radical (unpaired) electrons. The van der Waals surface area contributed by atoms with Gasteiger partial charge in [-0.1, -0.05) is 19.3 Å². The largest absolute Gasteiger partial charge is 0.392 e. The van der Waals surface area contributed by atoms with Gasteiger partial charge in [0.2, 0.25) is 10.0 Å². The summed E-state index contributed by atoms with van der Waals surface area (Å²) in [5.41, 5.74) is 0. The highest BCUT2D eigenvalue weighted by molar-refractivity contribution is 7.88. The lowest BCUT2D eigenvalue weighted by Gasteiger charge is -2.39. The molecule has 2 unspecified atom stereocenters. The van der Waals surface area contributed by atoms with Crippen molar-refractivity contribution in [1.82, 2.24) is 9.21 Å². The third kappa shape index (κ3) is 5.48. The van der Waals surface area contributed by atoms with Crippen LogP contribution in [0, 0.1) is 5.92 Å². The fourth-order valence-electron chi connectivity index (χ4n) is 3.97. The van der Waals surface area contributed by atoms with E-state index in [2.05, 4.69) is 4.90 Å². The van der Waals surface area contributed by atoms with Crippen molar-refractivity contribution in [1.29, 1.82) is 0 Å². The normalized spacial score (nSPS) is 27.2. The molecule has 5 nitrogen and oxygen atoms in total. The number of piperidine rings is 1. The van der Waals surface area contributed by atoms with Gasteiger partial charge in [0.15, 0.2) is 0 Å². The number of aliphatic hydroxyl groups is 1. The monoisotopic (exact) mass is 332 g/mol. The van der Waals surface area contributed by atoms with E-state index < -0.39 is 10.0 Å². The Balaban J connectivity index is 1.96. The summed E-state index contributed by atoms with van der Waals surface area (Å²) >= 11 is 0. The average molecular weight is 333 g/mol. The summed E-state index contributed by atoms with van der Waals surface area (Å²) < 4.78 is 25.2. The van der Waals surface area contributed by atoms with Gasteiger partial charge >= 0.3 is 0 Å². The predicted molar refractivity (Wildman–Crippen MR) is 89.3 cm³/mol. The quantitative estimate of drug-likeness (QED) is 0.804. The van der Waals surface area contributed by atoms with Crippen LogP contribution in [0.15, 0.2) is 0 Å². The molecule has 6 heteroatoms. The second kappa shape index (κ2) is 8.08. The highest BCUT2D eigenvalue weighted by Crippen LogP contribution is 2.26. The Morgan fingerprint density at radius 3 is 2.45 bits per heavy atom. The first-order valence-electron chi connectivity index (χ1n) is 8.73. The van der Waals surface area contributed by atoms with E-state index in [-0.39, 0.29) is 6.10 Å². The van der Waals surface area contributed by atoms with Crippen molar-refractivity contribution in [2.45, 2.75) is 64.0 Å². The minimum absolute atomic E-state index is 0.323. The summed E-state index contributed by atoms with van der Waals surface area (Å²) in [5, 5.41) is 9.82. The maximum Gasteiger partial charge on any atom is 0.211 e. The predicted octanol–water partition coefficient (Wildman–Crippen LogP) is 1.67. The molecular formula is C16H32N2O3S. The van der Waals surface area contributed by atoms with Gasteiger partial charge in [-0.3, -0.25) is 4.90 Å². The van der Waals surface area contributed by atoms with Crippen LogP contribution >= 0.6 is 0 Å². The van der Waals surface area contributed by atoms with Crippen molar-refractivity contribution >= 4 is 10.0 Å². The molecule has 2 rings (SSSR count). The van der Waals surface area contributed by atoms with Gasteiger partial charge in [-0.15, -0.1) is 0 Å². The highest BCUT2D eigenvalue weighted by Gasteiger charge is 2.30. The van der Waals surface area contributed by atoms with Crippen LogP contribution in [-0.4, -0.2) is 67.3 Å². The minimum Gasteiger partial charge on any atom is -0.392 e. The van der Waals surface area contributed by atoms with Gasteiger partial charge in [-0.05, 0) is 38.5 Å². The SMILES string of the molecule is CC(O)CN(CC1CCCN(S(C)(=O)=O)C1)C1CCCCC1. The zero-order chi connectivity index (χ0) is 16.2. The first-order valence-corrected chi connectivity index (χ1v) is 10.6. The van der Waals surface area contributed by atoms with Crippen LogP contribution in [0.2, 0.25) is 0 Å². The zero-order valence-electron chi connectivity index (χ0n) is 14.1. The number of nitrogens with zero attached hydrogens (tertiary/aromatic N) is 2. The second-order valence-corrected chi connectivity index (χ2v) is 9.21. The molecule has 0 bridgehead atoms. The number of sulfonamides is 1. The lowest BCUT2D eigenvalue weighted by atomic mass is 9.92. The molecule has 130 valence electrons. The van der Waals surface area contributed by atoms with E-state index in [1.54, 1.807) is 4.31 Å². The first kappa shape index (κ1) is 18.2. The van der Waals surface area contributed by atoms with Gasteiger partial charge in [0.1, 0.15) is 0 Å². The summed E-state index contributed by atoms with van der Waals surface area (Å²) in [7, 11) is -3.08. The third-order valence-corrected chi connectivity index (χ3v) is 6.30. The molecule has 1 heterocycles. The highest BCUT2D eigenvalue weighted by atomic mass is 32.2. The van der Waals surface area contributed by atoms with Gasteiger partial charge in [-0.2, -0.15) is 0 Å². The van der Waals surface area contributed by atoms with Crippen LogP contribution in [0.5, 0.6) is 0 Å². The summed E-state index contributed by atoms with van der Waals surface area (Å²) in [5.74, 6) is 0.393. The van der Waals surface area contributed by atoms with Crippen molar-refractivity contribution in [2.24, 2.45) is 5.92 Å². The van der Waals surface area contributed by atoms with E-state index >= 15 is 0 Å². The van der Waals surface area contributed by atoms with Crippen molar-refractivity contribution in [3.63, 3.8) is 0 Å². The van der Waals surface area contributed by atoms with E-state index in [9.17, 15) is 13.5 Å². The molecule has 2 atom stereocenters. The van der Waals surface area contributed by atoms with Crippen molar-refractivity contribution < 1.29 is 13.5 Å².